The van der Waals surface area contributed by atoms with Crippen LogP contribution in [0.4, 0.5) is 0 Å². The van der Waals surface area contributed by atoms with Gasteiger partial charge in [0, 0.05) is 6.54 Å². The predicted octanol–water partition coefficient (Wildman–Crippen LogP) is 3.50. The van der Waals surface area contributed by atoms with Crippen LogP contribution in [-0.2, 0) is 16.2 Å². The number of hydrogen-bond acceptors (Lipinski definition) is 5. The van der Waals surface area contributed by atoms with Crippen molar-refractivity contribution in [3.63, 3.8) is 0 Å². The Balaban J connectivity index is 1.20. The average Bonchev–Trinajstić information content (AvgIpc) is 3.48. The maximum atomic E-state index is 12.9. The molecule has 1 spiro atoms. The molecule has 0 bridgehead atoms. The summed E-state index contributed by atoms with van der Waals surface area (Å²) in [5.41, 5.74) is 0.773. The predicted molar refractivity (Wildman–Crippen MR) is 110 cm³/mol. The van der Waals surface area contributed by atoms with E-state index in [4.69, 9.17) is 9.25 Å². The minimum absolute atomic E-state index is 0.0781. The number of oxime groups is 1. The zero-order valence-corrected chi connectivity index (χ0v) is 17.0. The van der Waals surface area contributed by atoms with Crippen LogP contribution in [0, 0.1) is 17.3 Å². The van der Waals surface area contributed by atoms with Gasteiger partial charge in [0.2, 0.25) is 0 Å². The van der Waals surface area contributed by atoms with Crippen LogP contribution in [0.3, 0.4) is 0 Å². The number of hydrogen-bond donors (Lipinski definition) is 1. The fraction of sp³-hybridized carbons (Fsp3) is 0.652. The first-order valence-electron chi connectivity index (χ1n) is 11.2. The van der Waals surface area contributed by atoms with E-state index in [0.29, 0.717) is 12.3 Å². The van der Waals surface area contributed by atoms with Gasteiger partial charge in [-0.25, -0.2) is 0 Å². The number of likely N-dealkylation sites (tertiary alicyclic amines) is 1. The summed E-state index contributed by atoms with van der Waals surface area (Å²) in [6, 6.07) is 3.70. The molecular formula is C23H31N3O3. The van der Waals surface area contributed by atoms with Gasteiger partial charge < -0.3 is 19.5 Å². The van der Waals surface area contributed by atoms with E-state index in [1.54, 1.807) is 6.26 Å². The fourth-order valence-electron chi connectivity index (χ4n) is 5.89. The van der Waals surface area contributed by atoms with Gasteiger partial charge in [-0.15, -0.1) is 0 Å². The molecule has 156 valence electrons. The highest BCUT2D eigenvalue weighted by atomic mass is 16.6. The zero-order valence-electron chi connectivity index (χ0n) is 17.0. The molecule has 1 aromatic heterocycles. The molecule has 4 aliphatic rings. The van der Waals surface area contributed by atoms with E-state index >= 15 is 0 Å². The third kappa shape index (κ3) is 3.75. The van der Waals surface area contributed by atoms with E-state index in [2.05, 4.69) is 27.5 Å². The first-order chi connectivity index (χ1) is 14.2. The molecule has 1 saturated carbocycles. The zero-order chi connectivity index (χ0) is 19.7. The number of allylic oxidation sites excluding steroid dienone is 2. The van der Waals surface area contributed by atoms with Crippen molar-refractivity contribution in [2.75, 3.05) is 19.6 Å². The van der Waals surface area contributed by atoms with Crippen molar-refractivity contribution in [1.29, 1.82) is 0 Å². The molecule has 1 aromatic rings. The van der Waals surface area contributed by atoms with E-state index in [1.165, 1.54) is 25.8 Å². The summed E-state index contributed by atoms with van der Waals surface area (Å²) >= 11 is 0. The van der Waals surface area contributed by atoms with Crippen molar-refractivity contribution in [3.05, 3.63) is 36.3 Å². The molecule has 1 amide bonds. The Labute approximate surface area is 172 Å². The number of carbonyl (C=O) groups is 1. The van der Waals surface area contributed by atoms with Crippen molar-refractivity contribution in [1.82, 2.24) is 10.2 Å². The van der Waals surface area contributed by atoms with Crippen molar-refractivity contribution in [2.45, 2.75) is 57.6 Å². The largest absolute Gasteiger partial charge is 0.467 e. The van der Waals surface area contributed by atoms with Gasteiger partial charge in [0.25, 0.3) is 5.91 Å². The van der Waals surface area contributed by atoms with Gasteiger partial charge in [-0.3, -0.25) is 4.79 Å². The number of amides is 1. The Bertz CT molecular complexity index is 777. The first-order valence-corrected chi connectivity index (χ1v) is 11.2. The molecule has 6 heteroatoms. The van der Waals surface area contributed by atoms with Crippen LogP contribution in [0.15, 0.2) is 40.1 Å². The number of rotatable bonds is 5. The van der Waals surface area contributed by atoms with Crippen LogP contribution < -0.4 is 5.32 Å². The minimum atomic E-state index is -0.105. The molecule has 2 aliphatic carbocycles. The SMILES string of the molecule is O=C(NCc1ccco1)C1=NO[C@H]2CCC3(CCN(CC4CC=CCC4)CC3)[C@@H]12. The minimum Gasteiger partial charge on any atom is -0.467 e. The van der Waals surface area contributed by atoms with Crippen LogP contribution in [0.2, 0.25) is 0 Å². The van der Waals surface area contributed by atoms with Gasteiger partial charge in [0.1, 0.15) is 11.9 Å². The van der Waals surface area contributed by atoms with Gasteiger partial charge in [-0.05, 0) is 81.5 Å². The van der Waals surface area contributed by atoms with E-state index in [-0.39, 0.29) is 23.3 Å². The number of carbonyl (C=O) groups excluding carboxylic acids is 1. The molecule has 3 heterocycles. The Hall–Kier alpha value is -2.08. The van der Waals surface area contributed by atoms with Gasteiger partial charge in [-0.1, -0.05) is 17.3 Å². The molecule has 1 unspecified atom stereocenters. The summed E-state index contributed by atoms with van der Waals surface area (Å²) in [6.45, 7) is 3.86. The lowest BCUT2D eigenvalue weighted by Crippen LogP contribution is -2.48. The highest BCUT2D eigenvalue weighted by Gasteiger charge is 2.57. The molecule has 1 saturated heterocycles. The number of fused-ring (bicyclic) bond motifs is 2. The summed E-state index contributed by atoms with van der Waals surface area (Å²) in [6.07, 6.45) is 14.6. The van der Waals surface area contributed by atoms with Gasteiger partial charge in [0.15, 0.2) is 5.71 Å². The second-order valence-electron chi connectivity index (χ2n) is 9.21. The van der Waals surface area contributed by atoms with E-state index < -0.39 is 0 Å². The van der Waals surface area contributed by atoms with Crippen LogP contribution in [0.1, 0.15) is 50.7 Å². The lowest BCUT2D eigenvalue weighted by atomic mass is 9.68. The Morgan fingerprint density at radius 3 is 2.90 bits per heavy atom. The maximum Gasteiger partial charge on any atom is 0.269 e. The lowest BCUT2D eigenvalue weighted by Gasteiger charge is -2.43. The number of nitrogens with zero attached hydrogens (tertiary/aromatic N) is 2. The summed E-state index contributed by atoms with van der Waals surface area (Å²) in [5.74, 6) is 1.59. The molecule has 0 aromatic carbocycles. The average molecular weight is 398 g/mol. The summed E-state index contributed by atoms with van der Waals surface area (Å²) < 4.78 is 5.32. The fourth-order valence-corrected chi connectivity index (χ4v) is 5.89. The molecule has 0 radical (unpaired) electrons. The smallest absolute Gasteiger partial charge is 0.269 e. The molecule has 3 atom stereocenters. The topological polar surface area (TPSA) is 67.1 Å². The molecule has 1 N–H and O–H groups in total. The normalized spacial score (nSPS) is 30.8. The molecule has 2 fully saturated rings. The first kappa shape index (κ1) is 18.9. The van der Waals surface area contributed by atoms with Crippen LogP contribution in [-0.4, -0.2) is 42.3 Å². The van der Waals surface area contributed by atoms with Gasteiger partial charge in [-0.2, -0.15) is 0 Å². The van der Waals surface area contributed by atoms with Crippen molar-refractivity contribution in [3.8, 4) is 0 Å². The van der Waals surface area contributed by atoms with Crippen molar-refractivity contribution in [2.24, 2.45) is 22.4 Å². The summed E-state index contributed by atoms with van der Waals surface area (Å²) in [4.78, 5) is 21.2. The molecule has 2 aliphatic heterocycles. The Morgan fingerprint density at radius 2 is 2.14 bits per heavy atom. The van der Waals surface area contributed by atoms with Crippen LogP contribution in [0.5, 0.6) is 0 Å². The quantitative estimate of drug-likeness (QED) is 0.773. The lowest BCUT2D eigenvalue weighted by molar-refractivity contribution is -0.115. The number of furan rings is 1. The molecular weight excluding hydrogens is 366 g/mol. The van der Waals surface area contributed by atoms with Gasteiger partial charge in [0.05, 0.1) is 18.7 Å². The molecule has 29 heavy (non-hydrogen) atoms. The van der Waals surface area contributed by atoms with Gasteiger partial charge >= 0.3 is 0 Å². The third-order valence-electron chi connectivity index (χ3n) is 7.52. The molecule has 6 nitrogen and oxygen atoms in total. The molecule has 5 rings (SSSR count). The Morgan fingerprint density at radius 1 is 1.24 bits per heavy atom. The monoisotopic (exact) mass is 397 g/mol. The van der Waals surface area contributed by atoms with E-state index in [1.807, 2.05) is 12.1 Å². The highest BCUT2D eigenvalue weighted by Crippen LogP contribution is 2.54. The summed E-state index contributed by atoms with van der Waals surface area (Å²) in [7, 11) is 0. The maximum absolute atomic E-state index is 12.9. The van der Waals surface area contributed by atoms with Crippen LogP contribution >= 0.6 is 0 Å². The second kappa shape index (κ2) is 7.98. The number of piperidine rings is 1. The Kier molecular flexibility index (Phi) is 5.20. The van der Waals surface area contributed by atoms with Crippen molar-refractivity contribution >= 4 is 11.6 Å². The van der Waals surface area contributed by atoms with Crippen LogP contribution in [0.25, 0.3) is 0 Å². The summed E-state index contributed by atoms with van der Waals surface area (Å²) in [5, 5.41) is 7.20. The van der Waals surface area contributed by atoms with E-state index in [0.717, 1.165) is 50.5 Å². The second-order valence-corrected chi connectivity index (χ2v) is 9.21. The van der Waals surface area contributed by atoms with E-state index in [9.17, 15) is 4.79 Å². The third-order valence-corrected chi connectivity index (χ3v) is 7.52. The highest BCUT2D eigenvalue weighted by molar-refractivity contribution is 6.40. The van der Waals surface area contributed by atoms with Crippen molar-refractivity contribution < 1.29 is 14.0 Å². The number of nitrogens with one attached hydrogen (secondary N) is 1. The standard InChI is InChI=1S/C23H31N3O3/c27-22(24-15-18-7-4-14-28-18)21-20-19(29-25-21)8-9-23(20)10-12-26(13-11-23)16-17-5-2-1-3-6-17/h1-2,4,7,14,17,19-20H,3,5-6,8-13,15-16H2,(H,24,27)/t17?,19-,20+/m0/s1.